The number of carbonyl (C=O) groups excluding carboxylic acids is 1. The zero-order valence-corrected chi connectivity index (χ0v) is 11.0. The fourth-order valence-corrected chi connectivity index (χ4v) is 3.18. The maximum atomic E-state index is 11.5. The third-order valence-corrected chi connectivity index (χ3v) is 3.36. The van der Waals surface area contributed by atoms with Crippen molar-refractivity contribution in [1.82, 2.24) is 0 Å². The van der Waals surface area contributed by atoms with Gasteiger partial charge in [0.1, 0.15) is 0 Å². The van der Waals surface area contributed by atoms with E-state index in [1.807, 2.05) is 6.92 Å². The molecule has 0 aliphatic heterocycles. The van der Waals surface area contributed by atoms with Crippen molar-refractivity contribution in [3.8, 4) is 0 Å². The molecule has 1 aliphatic rings. The Labute approximate surface area is 92.6 Å². The summed E-state index contributed by atoms with van der Waals surface area (Å²) in [6.07, 6.45) is 2.48. The van der Waals surface area contributed by atoms with Crippen molar-refractivity contribution in [2.75, 3.05) is 6.61 Å². The molecular formula is C11H20O3Si. The maximum Gasteiger partial charge on any atom is 0.312 e. The van der Waals surface area contributed by atoms with Gasteiger partial charge >= 0.3 is 5.97 Å². The zero-order valence-electron chi connectivity index (χ0n) is 10.0. The van der Waals surface area contributed by atoms with E-state index in [0.717, 1.165) is 6.42 Å². The molecule has 1 aliphatic carbocycles. The monoisotopic (exact) mass is 228 g/mol. The topological polar surface area (TPSA) is 35.5 Å². The van der Waals surface area contributed by atoms with Gasteiger partial charge in [-0.3, -0.25) is 4.79 Å². The van der Waals surface area contributed by atoms with E-state index in [0.29, 0.717) is 6.61 Å². The van der Waals surface area contributed by atoms with Crippen LogP contribution in [0.4, 0.5) is 0 Å². The molecule has 0 heterocycles. The number of hydrogen-bond donors (Lipinski definition) is 0. The van der Waals surface area contributed by atoms with E-state index in [1.54, 1.807) is 6.08 Å². The molecule has 86 valence electrons. The van der Waals surface area contributed by atoms with Crippen LogP contribution in [0.3, 0.4) is 0 Å². The van der Waals surface area contributed by atoms with Crippen LogP contribution in [0.25, 0.3) is 0 Å². The van der Waals surface area contributed by atoms with Gasteiger partial charge in [0, 0.05) is 0 Å². The van der Waals surface area contributed by atoms with Gasteiger partial charge in [0.25, 0.3) is 0 Å². The molecule has 3 nitrogen and oxygen atoms in total. The Morgan fingerprint density at radius 2 is 2.20 bits per heavy atom. The molecule has 0 radical (unpaired) electrons. The van der Waals surface area contributed by atoms with Crippen LogP contribution in [0.1, 0.15) is 13.3 Å². The standard InChI is InChI=1S/C11H20O3Si/c1-6-11(14-15(3,4)5)8-9(11)10(12)13-7-2/h6,9H,1,7-8H2,2-5H3. The van der Waals surface area contributed by atoms with Gasteiger partial charge in [-0.1, -0.05) is 6.08 Å². The first-order chi connectivity index (χ1) is 6.84. The van der Waals surface area contributed by atoms with Crippen LogP contribution in [-0.4, -0.2) is 26.5 Å². The Balaban J connectivity index is 2.61. The highest BCUT2D eigenvalue weighted by molar-refractivity contribution is 6.69. The Hall–Kier alpha value is -0.613. The van der Waals surface area contributed by atoms with Gasteiger partial charge in [-0.2, -0.15) is 0 Å². The lowest BCUT2D eigenvalue weighted by Gasteiger charge is -2.24. The second-order valence-electron chi connectivity index (χ2n) is 4.88. The van der Waals surface area contributed by atoms with Crippen LogP contribution in [0.15, 0.2) is 12.7 Å². The van der Waals surface area contributed by atoms with E-state index < -0.39 is 13.9 Å². The molecule has 0 spiro atoms. The Bertz CT molecular complexity index is 269. The number of carbonyl (C=O) groups is 1. The Morgan fingerprint density at radius 1 is 1.60 bits per heavy atom. The molecule has 0 bridgehead atoms. The average molecular weight is 228 g/mol. The highest BCUT2D eigenvalue weighted by Crippen LogP contribution is 2.50. The number of esters is 1. The van der Waals surface area contributed by atoms with Crippen molar-refractivity contribution in [3.63, 3.8) is 0 Å². The quantitative estimate of drug-likeness (QED) is 0.411. The fraction of sp³-hybridized carbons (Fsp3) is 0.727. The summed E-state index contributed by atoms with van der Waals surface area (Å²) in [4.78, 5) is 11.5. The van der Waals surface area contributed by atoms with Gasteiger partial charge in [-0.15, -0.1) is 6.58 Å². The molecule has 0 aromatic carbocycles. The first-order valence-corrected chi connectivity index (χ1v) is 8.76. The lowest BCUT2D eigenvalue weighted by molar-refractivity contribution is -0.145. The van der Waals surface area contributed by atoms with E-state index >= 15 is 0 Å². The maximum absolute atomic E-state index is 11.5. The predicted octanol–water partition coefficient (Wildman–Crippen LogP) is 2.35. The summed E-state index contributed by atoms with van der Waals surface area (Å²) < 4.78 is 11.0. The number of ether oxygens (including phenoxy) is 1. The molecule has 0 N–H and O–H groups in total. The van der Waals surface area contributed by atoms with E-state index in [1.165, 1.54) is 0 Å². The molecule has 15 heavy (non-hydrogen) atoms. The van der Waals surface area contributed by atoms with E-state index in [4.69, 9.17) is 9.16 Å². The van der Waals surface area contributed by atoms with Crippen molar-refractivity contribution in [2.45, 2.75) is 38.6 Å². The van der Waals surface area contributed by atoms with Gasteiger partial charge < -0.3 is 9.16 Å². The molecular weight excluding hydrogens is 208 g/mol. The van der Waals surface area contributed by atoms with Crippen LogP contribution in [0.5, 0.6) is 0 Å². The normalized spacial score (nSPS) is 29.7. The number of hydrogen-bond acceptors (Lipinski definition) is 3. The van der Waals surface area contributed by atoms with Crippen molar-refractivity contribution in [3.05, 3.63) is 12.7 Å². The third-order valence-electron chi connectivity index (χ3n) is 2.37. The van der Waals surface area contributed by atoms with Gasteiger partial charge in [0.05, 0.1) is 18.1 Å². The summed E-state index contributed by atoms with van der Waals surface area (Å²) in [5.41, 5.74) is -0.434. The first kappa shape index (κ1) is 12.5. The average Bonchev–Trinajstić information content (AvgIpc) is 2.78. The summed E-state index contributed by atoms with van der Waals surface area (Å²) in [6, 6.07) is 0. The fourth-order valence-electron chi connectivity index (χ4n) is 1.74. The molecule has 0 aromatic rings. The smallest absolute Gasteiger partial charge is 0.312 e. The molecule has 0 aromatic heterocycles. The van der Waals surface area contributed by atoms with E-state index in [-0.39, 0.29) is 11.9 Å². The van der Waals surface area contributed by atoms with Gasteiger partial charge in [0.2, 0.25) is 0 Å². The van der Waals surface area contributed by atoms with Crippen molar-refractivity contribution < 1.29 is 14.0 Å². The molecule has 2 atom stereocenters. The van der Waals surface area contributed by atoms with Crippen molar-refractivity contribution in [2.24, 2.45) is 5.92 Å². The van der Waals surface area contributed by atoms with Gasteiger partial charge in [0.15, 0.2) is 8.32 Å². The lowest BCUT2D eigenvalue weighted by Crippen LogP contribution is -2.34. The minimum atomic E-state index is -1.64. The summed E-state index contributed by atoms with van der Waals surface area (Å²) in [6.45, 7) is 12.3. The molecule has 0 saturated heterocycles. The molecule has 1 saturated carbocycles. The second kappa shape index (κ2) is 4.10. The molecule has 1 rings (SSSR count). The van der Waals surface area contributed by atoms with Crippen LogP contribution < -0.4 is 0 Å². The summed E-state index contributed by atoms with van der Waals surface area (Å²) in [7, 11) is -1.64. The zero-order chi connectivity index (χ0) is 11.7. The summed E-state index contributed by atoms with van der Waals surface area (Å²) in [5.74, 6) is -0.294. The van der Waals surface area contributed by atoms with Crippen molar-refractivity contribution in [1.29, 1.82) is 0 Å². The van der Waals surface area contributed by atoms with E-state index in [2.05, 4.69) is 26.2 Å². The minimum Gasteiger partial charge on any atom is -0.466 e. The number of rotatable bonds is 5. The summed E-state index contributed by atoms with van der Waals surface area (Å²) in [5, 5.41) is 0. The third kappa shape index (κ3) is 2.92. The van der Waals surface area contributed by atoms with Crippen LogP contribution in [0, 0.1) is 5.92 Å². The molecule has 1 fully saturated rings. The Kier molecular flexibility index (Phi) is 3.40. The SMILES string of the molecule is C=CC1(O[Si](C)(C)C)CC1C(=O)OCC. The predicted molar refractivity (Wildman–Crippen MR) is 62.1 cm³/mol. The largest absolute Gasteiger partial charge is 0.466 e. The highest BCUT2D eigenvalue weighted by Gasteiger charge is 2.59. The molecule has 0 amide bonds. The molecule has 4 heteroatoms. The molecule has 2 unspecified atom stereocenters. The van der Waals surface area contributed by atoms with Crippen LogP contribution in [0.2, 0.25) is 19.6 Å². The van der Waals surface area contributed by atoms with Crippen LogP contribution >= 0.6 is 0 Å². The first-order valence-electron chi connectivity index (χ1n) is 5.35. The summed E-state index contributed by atoms with van der Waals surface area (Å²) >= 11 is 0. The second-order valence-corrected chi connectivity index (χ2v) is 9.31. The van der Waals surface area contributed by atoms with Crippen molar-refractivity contribution >= 4 is 14.3 Å². The van der Waals surface area contributed by atoms with Gasteiger partial charge in [-0.25, -0.2) is 0 Å². The minimum absolute atomic E-state index is 0.137. The van der Waals surface area contributed by atoms with Crippen LogP contribution in [-0.2, 0) is 14.0 Å². The van der Waals surface area contributed by atoms with Gasteiger partial charge in [-0.05, 0) is 33.0 Å². The van der Waals surface area contributed by atoms with E-state index in [9.17, 15) is 4.79 Å². The Morgan fingerprint density at radius 3 is 2.60 bits per heavy atom. The highest BCUT2D eigenvalue weighted by atomic mass is 28.4. The lowest BCUT2D eigenvalue weighted by atomic mass is 10.2.